The maximum atomic E-state index is 13.0. The number of anilines is 1. The quantitative estimate of drug-likeness (QED) is 0.849. The van der Waals surface area contributed by atoms with Crippen LogP contribution < -0.4 is 4.31 Å². The van der Waals surface area contributed by atoms with Gasteiger partial charge in [0.1, 0.15) is 0 Å². The SMILES string of the molecule is CC(C)Cc1ccc(S(=O)(=O)N2CCCc3ccccc32)cc1. The lowest BCUT2D eigenvalue weighted by atomic mass is 10.0. The van der Waals surface area contributed by atoms with Crippen molar-refractivity contribution >= 4 is 15.7 Å². The molecule has 0 atom stereocenters. The molecule has 0 saturated heterocycles. The molecule has 3 rings (SSSR count). The number of nitrogens with zero attached hydrogens (tertiary/aromatic N) is 1. The van der Waals surface area contributed by atoms with Crippen LogP contribution in [0.15, 0.2) is 53.4 Å². The average Bonchev–Trinajstić information content (AvgIpc) is 2.54. The molecule has 2 aromatic rings. The summed E-state index contributed by atoms with van der Waals surface area (Å²) < 4.78 is 27.6. The highest BCUT2D eigenvalue weighted by Gasteiger charge is 2.28. The lowest BCUT2D eigenvalue weighted by Crippen LogP contribution is -2.35. The summed E-state index contributed by atoms with van der Waals surface area (Å²) in [6.45, 7) is 4.87. The van der Waals surface area contributed by atoms with Gasteiger partial charge in [-0.05, 0) is 54.5 Å². The van der Waals surface area contributed by atoms with E-state index in [-0.39, 0.29) is 0 Å². The molecule has 4 heteroatoms. The van der Waals surface area contributed by atoms with E-state index in [4.69, 9.17) is 0 Å². The Morgan fingerprint density at radius 3 is 2.43 bits per heavy atom. The molecule has 2 aromatic carbocycles. The zero-order valence-corrected chi connectivity index (χ0v) is 14.5. The van der Waals surface area contributed by atoms with Gasteiger partial charge in [0.05, 0.1) is 10.6 Å². The van der Waals surface area contributed by atoms with Crippen LogP contribution in [-0.2, 0) is 22.9 Å². The van der Waals surface area contributed by atoms with Crippen molar-refractivity contribution < 1.29 is 8.42 Å². The molecule has 0 spiro atoms. The third-order valence-corrected chi connectivity index (χ3v) is 6.05. The zero-order chi connectivity index (χ0) is 16.4. The van der Waals surface area contributed by atoms with Crippen LogP contribution in [0.5, 0.6) is 0 Å². The first-order valence-corrected chi connectivity index (χ1v) is 9.62. The van der Waals surface area contributed by atoms with E-state index < -0.39 is 10.0 Å². The smallest absolute Gasteiger partial charge is 0.264 e. The largest absolute Gasteiger partial charge is 0.266 e. The number of fused-ring (bicyclic) bond motifs is 1. The molecular weight excluding hydrogens is 306 g/mol. The van der Waals surface area contributed by atoms with Crippen LogP contribution in [-0.4, -0.2) is 15.0 Å². The van der Waals surface area contributed by atoms with Crippen LogP contribution >= 0.6 is 0 Å². The highest BCUT2D eigenvalue weighted by molar-refractivity contribution is 7.92. The molecule has 0 N–H and O–H groups in total. The number of sulfonamides is 1. The van der Waals surface area contributed by atoms with Crippen molar-refractivity contribution in [3.63, 3.8) is 0 Å². The number of para-hydroxylation sites is 1. The van der Waals surface area contributed by atoms with E-state index in [1.807, 2.05) is 36.4 Å². The van der Waals surface area contributed by atoms with Crippen LogP contribution in [0.2, 0.25) is 0 Å². The second kappa shape index (κ2) is 6.36. The fraction of sp³-hybridized carbons (Fsp3) is 0.368. The van der Waals surface area contributed by atoms with Crippen LogP contribution in [0.4, 0.5) is 5.69 Å². The summed E-state index contributed by atoms with van der Waals surface area (Å²) >= 11 is 0. The molecular formula is C19H23NO2S. The molecule has 1 aliphatic heterocycles. The van der Waals surface area contributed by atoms with Crippen molar-refractivity contribution in [1.82, 2.24) is 0 Å². The molecule has 23 heavy (non-hydrogen) atoms. The molecule has 0 bridgehead atoms. The van der Waals surface area contributed by atoms with E-state index in [0.29, 0.717) is 17.4 Å². The van der Waals surface area contributed by atoms with Crippen LogP contribution in [0, 0.1) is 5.92 Å². The Labute approximate surface area is 139 Å². The number of hydrogen-bond donors (Lipinski definition) is 0. The molecule has 3 nitrogen and oxygen atoms in total. The van der Waals surface area contributed by atoms with Crippen LogP contribution in [0.1, 0.15) is 31.4 Å². The molecule has 0 amide bonds. The maximum absolute atomic E-state index is 13.0. The highest BCUT2D eigenvalue weighted by atomic mass is 32.2. The van der Waals surface area contributed by atoms with Crippen molar-refractivity contribution in [3.8, 4) is 0 Å². The van der Waals surface area contributed by atoms with Crippen molar-refractivity contribution in [2.75, 3.05) is 10.8 Å². The molecule has 0 saturated carbocycles. The highest BCUT2D eigenvalue weighted by Crippen LogP contribution is 2.31. The third-order valence-electron chi connectivity index (χ3n) is 4.22. The summed E-state index contributed by atoms with van der Waals surface area (Å²) in [5.41, 5.74) is 3.11. The summed E-state index contributed by atoms with van der Waals surface area (Å²) in [7, 11) is -3.49. The minimum atomic E-state index is -3.49. The van der Waals surface area contributed by atoms with Gasteiger partial charge in [-0.2, -0.15) is 0 Å². The molecule has 122 valence electrons. The Hall–Kier alpha value is -1.81. The number of rotatable bonds is 4. The van der Waals surface area contributed by atoms with Gasteiger partial charge in [-0.1, -0.05) is 44.2 Å². The lowest BCUT2D eigenvalue weighted by Gasteiger charge is -2.30. The fourth-order valence-corrected chi connectivity index (χ4v) is 4.69. The van der Waals surface area contributed by atoms with Crippen LogP contribution in [0.3, 0.4) is 0 Å². The Morgan fingerprint density at radius 2 is 1.74 bits per heavy atom. The van der Waals surface area contributed by atoms with Crippen molar-refractivity contribution in [3.05, 3.63) is 59.7 Å². The lowest BCUT2D eigenvalue weighted by molar-refractivity contribution is 0.586. The van der Waals surface area contributed by atoms with E-state index in [9.17, 15) is 8.42 Å². The van der Waals surface area contributed by atoms with Crippen molar-refractivity contribution in [1.29, 1.82) is 0 Å². The molecule has 0 unspecified atom stereocenters. The molecule has 1 heterocycles. The normalized spacial score (nSPS) is 14.8. The van der Waals surface area contributed by atoms with E-state index in [2.05, 4.69) is 13.8 Å². The van der Waals surface area contributed by atoms with Gasteiger partial charge in [0.2, 0.25) is 0 Å². The van der Waals surface area contributed by atoms with Gasteiger partial charge >= 0.3 is 0 Å². The molecule has 0 fully saturated rings. The monoisotopic (exact) mass is 329 g/mol. The minimum Gasteiger partial charge on any atom is -0.266 e. The topological polar surface area (TPSA) is 37.4 Å². The summed E-state index contributed by atoms with van der Waals surface area (Å²) in [4.78, 5) is 0.377. The summed E-state index contributed by atoms with van der Waals surface area (Å²) in [5.74, 6) is 0.562. The van der Waals surface area contributed by atoms with Gasteiger partial charge in [0, 0.05) is 6.54 Å². The maximum Gasteiger partial charge on any atom is 0.264 e. The van der Waals surface area contributed by atoms with E-state index in [0.717, 1.165) is 30.5 Å². The second-order valence-corrected chi connectivity index (χ2v) is 8.41. The first-order chi connectivity index (χ1) is 11.0. The summed E-state index contributed by atoms with van der Waals surface area (Å²) in [6, 6.07) is 15.1. The van der Waals surface area contributed by atoms with Crippen molar-refractivity contribution in [2.24, 2.45) is 5.92 Å². The Kier molecular flexibility index (Phi) is 4.44. The Balaban J connectivity index is 1.93. The van der Waals surface area contributed by atoms with E-state index in [1.165, 1.54) is 5.56 Å². The average molecular weight is 329 g/mol. The predicted octanol–water partition coefficient (Wildman–Crippen LogP) is 4.03. The molecule has 0 radical (unpaired) electrons. The summed E-state index contributed by atoms with van der Waals surface area (Å²) in [5, 5.41) is 0. The zero-order valence-electron chi connectivity index (χ0n) is 13.7. The number of aryl methyl sites for hydroxylation is 1. The van der Waals surface area contributed by atoms with E-state index in [1.54, 1.807) is 16.4 Å². The first-order valence-electron chi connectivity index (χ1n) is 8.18. The molecule has 0 aromatic heterocycles. The van der Waals surface area contributed by atoms with Gasteiger partial charge in [0.15, 0.2) is 0 Å². The standard InChI is InChI=1S/C19H23NO2S/c1-15(2)14-16-9-11-18(12-10-16)23(21,22)20-13-5-7-17-6-3-4-8-19(17)20/h3-4,6,8-12,15H,5,7,13-14H2,1-2H3. The molecule has 0 aliphatic carbocycles. The van der Waals surface area contributed by atoms with Gasteiger partial charge < -0.3 is 0 Å². The van der Waals surface area contributed by atoms with Crippen LogP contribution in [0.25, 0.3) is 0 Å². The van der Waals surface area contributed by atoms with E-state index >= 15 is 0 Å². The van der Waals surface area contributed by atoms with Gasteiger partial charge in [-0.15, -0.1) is 0 Å². The third kappa shape index (κ3) is 3.27. The summed E-state index contributed by atoms with van der Waals surface area (Å²) in [6.07, 6.45) is 2.77. The molecule has 1 aliphatic rings. The number of benzene rings is 2. The Bertz CT molecular complexity index is 779. The predicted molar refractivity (Wildman–Crippen MR) is 94.3 cm³/mol. The first kappa shape index (κ1) is 16.1. The van der Waals surface area contributed by atoms with Gasteiger partial charge in [-0.25, -0.2) is 8.42 Å². The van der Waals surface area contributed by atoms with Gasteiger partial charge in [0.25, 0.3) is 10.0 Å². The fourth-order valence-electron chi connectivity index (χ4n) is 3.14. The minimum absolute atomic E-state index is 0.377. The second-order valence-electron chi connectivity index (χ2n) is 6.55. The number of hydrogen-bond acceptors (Lipinski definition) is 2. The van der Waals surface area contributed by atoms with Crippen molar-refractivity contribution in [2.45, 2.75) is 38.0 Å². The van der Waals surface area contributed by atoms with Gasteiger partial charge in [-0.3, -0.25) is 4.31 Å². The Morgan fingerprint density at radius 1 is 1.04 bits per heavy atom.